The topological polar surface area (TPSA) is 68.3 Å². The van der Waals surface area contributed by atoms with E-state index in [-0.39, 0.29) is 5.91 Å². The van der Waals surface area contributed by atoms with Crippen molar-refractivity contribution in [1.82, 2.24) is 5.32 Å². The first kappa shape index (κ1) is 13.4. The van der Waals surface area contributed by atoms with Gasteiger partial charge >= 0.3 is 0 Å². The van der Waals surface area contributed by atoms with Crippen LogP contribution in [0, 0.1) is 6.92 Å². The van der Waals surface area contributed by atoms with Crippen LogP contribution in [0.5, 0.6) is 0 Å². The van der Waals surface area contributed by atoms with Gasteiger partial charge in [-0.15, -0.1) is 0 Å². The second-order valence-electron chi connectivity index (χ2n) is 4.79. The molecule has 0 saturated carbocycles. The van der Waals surface area contributed by atoms with Crippen molar-refractivity contribution in [3.8, 4) is 0 Å². The highest BCUT2D eigenvalue weighted by Gasteiger charge is 2.28. The van der Waals surface area contributed by atoms with E-state index in [9.17, 15) is 4.79 Å². The number of amides is 1. The molecule has 1 amide bonds. The van der Waals surface area contributed by atoms with Crippen LogP contribution in [-0.4, -0.2) is 12.5 Å². The zero-order valence-electron chi connectivity index (χ0n) is 11.1. The van der Waals surface area contributed by atoms with Crippen molar-refractivity contribution in [1.29, 1.82) is 0 Å². The number of rotatable bonds is 4. The number of nitrogens with two attached hydrogens (primary N) is 1. The molecule has 0 aliphatic rings. The van der Waals surface area contributed by atoms with Crippen LogP contribution in [0.4, 0.5) is 0 Å². The first-order valence-corrected chi connectivity index (χ1v) is 6.19. The predicted molar refractivity (Wildman–Crippen MR) is 73.8 cm³/mol. The van der Waals surface area contributed by atoms with Crippen LogP contribution in [-0.2, 0) is 5.54 Å². The predicted octanol–water partition coefficient (Wildman–Crippen LogP) is 2.19. The van der Waals surface area contributed by atoms with E-state index in [4.69, 9.17) is 10.2 Å². The zero-order chi connectivity index (χ0) is 13.9. The van der Waals surface area contributed by atoms with Crippen LogP contribution in [0.3, 0.4) is 0 Å². The molecular weight excluding hydrogens is 240 g/mol. The molecule has 1 unspecified atom stereocenters. The average molecular weight is 258 g/mol. The third kappa shape index (κ3) is 2.69. The molecule has 0 bridgehead atoms. The second kappa shape index (κ2) is 5.28. The fourth-order valence-electron chi connectivity index (χ4n) is 1.96. The summed E-state index contributed by atoms with van der Waals surface area (Å²) in [7, 11) is 0. The van der Waals surface area contributed by atoms with Gasteiger partial charge in [-0.2, -0.15) is 0 Å². The Hall–Kier alpha value is -2.07. The quantitative estimate of drug-likeness (QED) is 0.883. The molecule has 0 aliphatic carbocycles. The summed E-state index contributed by atoms with van der Waals surface area (Å²) in [5.41, 5.74) is 7.00. The van der Waals surface area contributed by atoms with E-state index in [1.807, 2.05) is 44.2 Å². The van der Waals surface area contributed by atoms with Crippen LogP contribution in [0.25, 0.3) is 0 Å². The third-order valence-corrected chi connectivity index (χ3v) is 3.28. The third-order valence-electron chi connectivity index (χ3n) is 3.28. The van der Waals surface area contributed by atoms with Crippen molar-refractivity contribution in [3.05, 3.63) is 59.5 Å². The molecule has 1 aromatic heterocycles. The molecule has 1 atom stereocenters. The maximum Gasteiger partial charge on any atom is 0.287 e. The first-order chi connectivity index (χ1) is 9.07. The Morgan fingerprint density at radius 3 is 2.53 bits per heavy atom. The SMILES string of the molecule is Cc1ccoc1C(=O)NC(C)(CN)c1ccccc1. The van der Waals surface area contributed by atoms with Gasteiger partial charge in [-0.05, 0) is 25.5 Å². The minimum Gasteiger partial charge on any atom is -0.459 e. The van der Waals surface area contributed by atoms with Gasteiger partial charge in [0, 0.05) is 12.1 Å². The molecule has 0 aliphatic heterocycles. The molecule has 4 nitrogen and oxygen atoms in total. The van der Waals surface area contributed by atoms with Crippen molar-refractivity contribution in [2.45, 2.75) is 19.4 Å². The molecule has 3 N–H and O–H groups in total. The minimum atomic E-state index is -0.614. The first-order valence-electron chi connectivity index (χ1n) is 6.19. The molecule has 1 aromatic carbocycles. The van der Waals surface area contributed by atoms with E-state index in [1.54, 1.807) is 6.07 Å². The molecule has 19 heavy (non-hydrogen) atoms. The van der Waals surface area contributed by atoms with Gasteiger partial charge in [0.2, 0.25) is 0 Å². The van der Waals surface area contributed by atoms with Crippen LogP contribution in [0.1, 0.15) is 28.6 Å². The molecule has 4 heteroatoms. The molecule has 2 aromatic rings. The summed E-state index contributed by atoms with van der Waals surface area (Å²) in [5.74, 6) is 0.0786. The van der Waals surface area contributed by atoms with Gasteiger partial charge in [-0.1, -0.05) is 30.3 Å². The number of furan rings is 1. The van der Waals surface area contributed by atoms with Gasteiger partial charge in [0.05, 0.1) is 11.8 Å². The number of carbonyl (C=O) groups is 1. The lowest BCUT2D eigenvalue weighted by molar-refractivity contribution is 0.0878. The van der Waals surface area contributed by atoms with Crippen molar-refractivity contribution in [3.63, 3.8) is 0 Å². The number of hydrogen-bond donors (Lipinski definition) is 2. The molecule has 0 spiro atoms. The van der Waals surface area contributed by atoms with Crippen LogP contribution < -0.4 is 11.1 Å². The van der Waals surface area contributed by atoms with Crippen molar-refractivity contribution in [2.24, 2.45) is 5.73 Å². The lowest BCUT2D eigenvalue weighted by Crippen LogP contribution is -2.48. The van der Waals surface area contributed by atoms with E-state index >= 15 is 0 Å². The smallest absolute Gasteiger partial charge is 0.287 e. The van der Waals surface area contributed by atoms with Crippen LogP contribution in [0.15, 0.2) is 47.1 Å². The molecule has 1 heterocycles. The maximum atomic E-state index is 12.2. The van der Waals surface area contributed by atoms with Crippen molar-refractivity contribution >= 4 is 5.91 Å². The monoisotopic (exact) mass is 258 g/mol. The lowest BCUT2D eigenvalue weighted by Gasteiger charge is -2.29. The summed E-state index contributed by atoms with van der Waals surface area (Å²) >= 11 is 0. The van der Waals surface area contributed by atoms with Gasteiger partial charge in [0.15, 0.2) is 5.76 Å². The fraction of sp³-hybridized carbons (Fsp3) is 0.267. The number of nitrogens with one attached hydrogen (secondary N) is 1. The Labute approximate surface area is 112 Å². The minimum absolute atomic E-state index is 0.251. The highest BCUT2D eigenvalue weighted by molar-refractivity contribution is 5.93. The van der Waals surface area contributed by atoms with Gasteiger partial charge < -0.3 is 15.5 Å². The normalized spacial score (nSPS) is 13.8. The second-order valence-corrected chi connectivity index (χ2v) is 4.79. The number of hydrogen-bond acceptors (Lipinski definition) is 3. The Kier molecular flexibility index (Phi) is 3.71. The Morgan fingerprint density at radius 1 is 1.32 bits per heavy atom. The van der Waals surface area contributed by atoms with Gasteiger partial charge in [0.25, 0.3) is 5.91 Å². The summed E-state index contributed by atoms with van der Waals surface area (Å²) in [4.78, 5) is 12.2. The summed E-state index contributed by atoms with van der Waals surface area (Å²) in [6.07, 6.45) is 1.51. The van der Waals surface area contributed by atoms with E-state index in [0.29, 0.717) is 12.3 Å². The molecule has 2 rings (SSSR count). The number of carbonyl (C=O) groups excluding carboxylic acids is 1. The summed E-state index contributed by atoms with van der Waals surface area (Å²) in [6, 6.07) is 11.4. The molecule has 0 saturated heterocycles. The summed E-state index contributed by atoms with van der Waals surface area (Å²) in [6.45, 7) is 4.04. The molecule has 100 valence electrons. The zero-order valence-corrected chi connectivity index (χ0v) is 11.1. The Balaban J connectivity index is 2.25. The standard InChI is InChI=1S/C15H18N2O2/c1-11-8-9-19-13(11)14(18)17-15(2,10-16)12-6-4-3-5-7-12/h3-9H,10,16H2,1-2H3,(H,17,18). The van der Waals surface area contributed by atoms with Crippen LogP contribution >= 0.6 is 0 Å². The summed E-state index contributed by atoms with van der Waals surface area (Å²) < 4.78 is 5.20. The molecular formula is C15H18N2O2. The highest BCUT2D eigenvalue weighted by atomic mass is 16.3. The van der Waals surface area contributed by atoms with Gasteiger partial charge in [-0.3, -0.25) is 4.79 Å². The van der Waals surface area contributed by atoms with E-state index in [1.165, 1.54) is 6.26 Å². The average Bonchev–Trinajstić information content (AvgIpc) is 2.86. The molecule has 0 fully saturated rings. The van der Waals surface area contributed by atoms with Crippen molar-refractivity contribution < 1.29 is 9.21 Å². The highest BCUT2D eigenvalue weighted by Crippen LogP contribution is 2.20. The van der Waals surface area contributed by atoms with E-state index in [2.05, 4.69) is 5.32 Å². The van der Waals surface area contributed by atoms with Gasteiger partial charge in [-0.25, -0.2) is 0 Å². The van der Waals surface area contributed by atoms with Crippen molar-refractivity contribution in [2.75, 3.05) is 6.54 Å². The number of benzene rings is 1. The van der Waals surface area contributed by atoms with Crippen LogP contribution in [0.2, 0.25) is 0 Å². The fourth-order valence-corrected chi connectivity index (χ4v) is 1.96. The lowest BCUT2D eigenvalue weighted by atomic mass is 9.92. The largest absolute Gasteiger partial charge is 0.459 e. The van der Waals surface area contributed by atoms with Gasteiger partial charge in [0.1, 0.15) is 0 Å². The van der Waals surface area contributed by atoms with E-state index < -0.39 is 5.54 Å². The number of aryl methyl sites for hydroxylation is 1. The van der Waals surface area contributed by atoms with E-state index in [0.717, 1.165) is 11.1 Å². The summed E-state index contributed by atoms with van der Waals surface area (Å²) in [5, 5.41) is 2.94. The Bertz CT molecular complexity index is 563. The Morgan fingerprint density at radius 2 is 2.00 bits per heavy atom. The molecule has 0 radical (unpaired) electrons. The maximum absolute atomic E-state index is 12.2.